The average Bonchev–Trinajstić information content (AvgIpc) is 2.47. The van der Waals surface area contributed by atoms with E-state index in [1.807, 2.05) is 24.3 Å². The Labute approximate surface area is 118 Å². The van der Waals surface area contributed by atoms with Gasteiger partial charge in [-0.05, 0) is 30.2 Å². The Hall–Kier alpha value is -2.36. The van der Waals surface area contributed by atoms with Crippen LogP contribution in [0.25, 0.3) is 0 Å². The van der Waals surface area contributed by atoms with E-state index in [1.165, 1.54) is 11.6 Å². The number of carboxylic acids is 1. The summed E-state index contributed by atoms with van der Waals surface area (Å²) in [6.07, 6.45) is 2.11. The zero-order valence-corrected chi connectivity index (χ0v) is 11.5. The van der Waals surface area contributed by atoms with Crippen LogP contribution in [0.15, 0.2) is 42.5 Å². The first-order chi connectivity index (χ1) is 9.70. The minimum atomic E-state index is -1.00. The molecular weight excluding hydrogens is 252 g/mol. The molecule has 0 aliphatic heterocycles. The van der Waals surface area contributed by atoms with Gasteiger partial charge in [0.1, 0.15) is 5.69 Å². The normalized spacial score (nSPS) is 10.2. The third-order valence-corrected chi connectivity index (χ3v) is 3.02. The number of nitrogens with one attached hydrogen (secondary N) is 1. The van der Waals surface area contributed by atoms with Crippen LogP contribution in [-0.2, 0) is 13.0 Å². The average molecular weight is 270 g/mol. The number of hydrogen-bond donors (Lipinski definition) is 2. The van der Waals surface area contributed by atoms with Crippen LogP contribution >= 0.6 is 0 Å². The fraction of sp³-hybridized carbons (Fsp3) is 0.250. The van der Waals surface area contributed by atoms with Crippen LogP contribution in [0.4, 0.5) is 5.69 Å². The van der Waals surface area contributed by atoms with Gasteiger partial charge in [0.2, 0.25) is 0 Å². The number of aromatic carboxylic acids is 1. The molecule has 4 heteroatoms. The Balaban J connectivity index is 2.09. The molecule has 0 aliphatic carbocycles. The maximum atomic E-state index is 10.9. The van der Waals surface area contributed by atoms with E-state index in [1.54, 1.807) is 6.07 Å². The number of hydrogen-bond acceptors (Lipinski definition) is 3. The Kier molecular flexibility index (Phi) is 4.71. The molecule has 2 aromatic rings. The molecule has 0 amide bonds. The summed E-state index contributed by atoms with van der Waals surface area (Å²) in [5.41, 5.74) is 3.14. The minimum absolute atomic E-state index is 0.0751. The van der Waals surface area contributed by atoms with Crippen LogP contribution in [0.2, 0.25) is 0 Å². The molecule has 0 saturated heterocycles. The first-order valence-electron chi connectivity index (χ1n) is 6.71. The van der Waals surface area contributed by atoms with E-state index in [0.29, 0.717) is 6.54 Å². The van der Waals surface area contributed by atoms with E-state index in [-0.39, 0.29) is 5.69 Å². The second kappa shape index (κ2) is 6.70. The van der Waals surface area contributed by atoms with Crippen molar-refractivity contribution in [1.82, 2.24) is 4.98 Å². The van der Waals surface area contributed by atoms with Gasteiger partial charge in [-0.25, -0.2) is 9.78 Å². The van der Waals surface area contributed by atoms with Crippen molar-refractivity contribution < 1.29 is 9.90 Å². The van der Waals surface area contributed by atoms with Crippen molar-refractivity contribution in [1.29, 1.82) is 0 Å². The fourth-order valence-corrected chi connectivity index (χ4v) is 2.06. The first-order valence-corrected chi connectivity index (χ1v) is 6.71. The number of anilines is 1. The SMILES string of the molecule is CCCc1ccccc1NCc1cccc(C(=O)O)n1. The number of nitrogens with zero attached hydrogens (tertiary/aromatic N) is 1. The molecule has 0 saturated carbocycles. The number of carbonyl (C=O) groups is 1. The quantitative estimate of drug-likeness (QED) is 0.845. The lowest BCUT2D eigenvalue weighted by molar-refractivity contribution is 0.0690. The summed E-state index contributed by atoms with van der Waals surface area (Å²) >= 11 is 0. The Bertz CT molecular complexity index is 597. The van der Waals surface area contributed by atoms with E-state index in [4.69, 9.17) is 5.11 Å². The molecule has 1 aromatic heterocycles. The largest absolute Gasteiger partial charge is 0.477 e. The van der Waals surface area contributed by atoms with Crippen molar-refractivity contribution in [2.75, 3.05) is 5.32 Å². The summed E-state index contributed by atoms with van der Waals surface area (Å²) in [5.74, 6) is -1.00. The predicted octanol–water partition coefficient (Wildman–Crippen LogP) is 3.34. The third-order valence-electron chi connectivity index (χ3n) is 3.02. The Morgan fingerprint density at radius 3 is 2.75 bits per heavy atom. The van der Waals surface area contributed by atoms with Crippen LogP contribution in [-0.4, -0.2) is 16.1 Å². The highest BCUT2D eigenvalue weighted by molar-refractivity contribution is 5.85. The molecule has 0 spiro atoms. The number of aromatic nitrogens is 1. The maximum Gasteiger partial charge on any atom is 0.354 e. The van der Waals surface area contributed by atoms with E-state index < -0.39 is 5.97 Å². The van der Waals surface area contributed by atoms with Gasteiger partial charge in [0, 0.05) is 5.69 Å². The molecule has 2 N–H and O–H groups in total. The molecule has 0 atom stereocenters. The van der Waals surface area contributed by atoms with Crippen LogP contribution in [0.3, 0.4) is 0 Å². The second-order valence-corrected chi connectivity index (χ2v) is 4.58. The second-order valence-electron chi connectivity index (χ2n) is 4.58. The van der Waals surface area contributed by atoms with Gasteiger partial charge in [0.25, 0.3) is 0 Å². The van der Waals surface area contributed by atoms with Crippen LogP contribution in [0, 0.1) is 0 Å². The molecule has 4 nitrogen and oxygen atoms in total. The lowest BCUT2D eigenvalue weighted by Gasteiger charge is -2.11. The van der Waals surface area contributed by atoms with Crippen molar-refractivity contribution in [2.45, 2.75) is 26.3 Å². The number of rotatable bonds is 6. The summed E-state index contributed by atoms with van der Waals surface area (Å²) in [4.78, 5) is 15.0. The van der Waals surface area contributed by atoms with E-state index in [2.05, 4.69) is 23.3 Å². The van der Waals surface area contributed by atoms with E-state index in [0.717, 1.165) is 24.2 Å². The molecule has 0 unspecified atom stereocenters. The van der Waals surface area contributed by atoms with E-state index in [9.17, 15) is 4.79 Å². The van der Waals surface area contributed by atoms with Crippen LogP contribution < -0.4 is 5.32 Å². The van der Waals surface area contributed by atoms with Gasteiger partial charge in [-0.1, -0.05) is 37.6 Å². The summed E-state index contributed by atoms with van der Waals surface area (Å²) in [7, 11) is 0. The molecule has 20 heavy (non-hydrogen) atoms. The molecular formula is C16H18N2O2. The zero-order chi connectivity index (χ0) is 14.4. The molecule has 104 valence electrons. The Morgan fingerprint density at radius 1 is 1.20 bits per heavy atom. The fourth-order valence-electron chi connectivity index (χ4n) is 2.06. The lowest BCUT2D eigenvalue weighted by Crippen LogP contribution is -2.07. The number of benzene rings is 1. The van der Waals surface area contributed by atoms with Gasteiger partial charge in [0.15, 0.2) is 0 Å². The van der Waals surface area contributed by atoms with Crippen molar-refractivity contribution >= 4 is 11.7 Å². The lowest BCUT2D eigenvalue weighted by atomic mass is 10.1. The van der Waals surface area contributed by atoms with Gasteiger partial charge in [-0.2, -0.15) is 0 Å². The number of para-hydroxylation sites is 1. The highest BCUT2D eigenvalue weighted by atomic mass is 16.4. The minimum Gasteiger partial charge on any atom is -0.477 e. The van der Waals surface area contributed by atoms with Gasteiger partial charge in [-0.3, -0.25) is 0 Å². The number of carboxylic acid groups (broad SMARTS) is 1. The van der Waals surface area contributed by atoms with Crippen molar-refractivity contribution in [3.8, 4) is 0 Å². The summed E-state index contributed by atoms with van der Waals surface area (Å²) in [5, 5.41) is 12.3. The van der Waals surface area contributed by atoms with Crippen molar-refractivity contribution in [3.63, 3.8) is 0 Å². The van der Waals surface area contributed by atoms with Crippen LogP contribution in [0.1, 0.15) is 35.1 Å². The number of pyridine rings is 1. The highest BCUT2D eigenvalue weighted by Gasteiger charge is 2.05. The smallest absolute Gasteiger partial charge is 0.354 e. The van der Waals surface area contributed by atoms with Gasteiger partial charge in [0.05, 0.1) is 12.2 Å². The van der Waals surface area contributed by atoms with Crippen molar-refractivity contribution in [3.05, 3.63) is 59.4 Å². The van der Waals surface area contributed by atoms with Crippen LogP contribution in [0.5, 0.6) is 0 Å². The van der Waals surface area contributed by atoms with Gasteiger partial charge in [-0.15, -0.1) is 0 Å². The first kappa shape index (κ1) is 14.1. The van der Waals surface area contributed by atoms with E-state index >= 15 is 0 Å². The third kappa shape index (κ3) is 3.57. The standard InChI is InChI=1S/C16H18N2O2/c1-2-6-12-7-3-4-9-14(12)17-11-13-8-5-10-15(18-13)16(19)20/h3-5,7-10,17H,2,6,11H2,1H3,(H,19,20). The summed E-state index contributed by atoms with van der Waals surface area (Å²) in [6.45, 7) is 2.66. The monoisotopic (exact) mass is 270 g/mol. The molecule has 1 aromatic carbocycles. The molecule has 0 bridgehead atoms. The zero-order valence-electron chi connectivity index (χ0n) is 11.5. The molecule has 1 heterocycles. The Morgan fingerprint density at radius 2 is 2.00 bits per heavy atom. The topological polar surface area (TPSA) is 62.2 Å². The van der Waals surface area contributed by atoms with Crippen molar-refractivity contribution in [2.24, 2.45) is 0 Å². The predicted molar refractivity (Wildman–Crippen MR) is 79.0 cm³/mol. The molecule has 0 radical (unpaired) electrons. The summed E-state index contributed by atoms with van der Waals surface area (Å²) in [6, 6.07) is 13.2. The molecule has 0 fully saturated rings. The van der Waals surface area contributed by atoms with Gasteiger partial charge >= 0.3 is 5.97 Å². The molecule has 2 rings (SSSR count). The number of aryl methyl sites for hydroxylation is 1. The summed E-state index contributed by atoms with van der Waals surface area (Å²) < 4.78 is 0. The highest BCUT2D eigenvalue weighted by Crippen LogP contribution is 2.17. The maximum absolute atomic E-state index is 10.9. The molecule has 0 aliphatic rings. The van der Waals surface area contributed by atoms with Gasteiger partial charge < -0.3 is 10.4 Å².